The maximum Gasteiger partial charge on any atom is 0.137 e. The van der Waals surface area contributed by atoms with Gasteiger partial charge >= 0.3 is 0 Å². The fraction of sp³-hybridized carbons (Fsp3) is 0.944. The van der Waals surface area contributed by atoms with Crippen LogP contribution in [0.25, 0.3) is 0 Å². The van der Waals surface area contributed by atoms with E-state index >= 15 is 0 Å². The van der Waals surface area contributed by atoms with Gasteiger partial charge in [0.2, 0.25) is 0 Å². The van der Waals surface area contributed by atoms with Crippen molar-refractivity contribution < 1.29 is 4.79 Å². The smallest absolute Gasteiger partial charge is 0.137 e. The van der Waals surface area contributed by atoms with Crippen molar-refractivity contribution in [2.24, 2.45) is 23.2 Å². The zero-order valence-electron chi connectivity index (χ0n) is 14.1. The molecule has 2 nitrogen and oxygen atoms in total. The molecule has 0 radical (unpaired) electrons. The van der Waals surface area contributed by atoms with Gasteiger partial charge in [-0.3, -0.25) is 9.69 Å². The van der Waals surface area contributed by atoms with Gasteiger partial charge in [0, 0.05) is 24.9 Å². The SMILES string of the molecule is CC1CCN(CC2CC(C(C)(C)C)CCC2=O)C(C)C1. The standard InChI is InChI=1S/C18H33NO/c1-13-8-9-19(14(2)10-13)12-15-11-16(18(3,4)5)6-7-17(15)20/h13-16H,6-12H2,1-5H3. The van der Waals surface area contributed by atoms with Crippen LogP contribution in [0.3, 0.4) is 0 Å². The van der Waals surface area contributed by atoms with E-state index in [0.29, 0.717) is 29.1 Å². The van der Waals surface area contributed by atoms with Crippen LogP contribution in [0.15, 0.2) is 0 Å². The molecule has 0 bridgehead atoms. The maximum atomic E-state index is 12.3. The third-order valence-electron chi connectivity index (χ3n) is 5.72. The van der Waals surface area contributed by atoms with Crippen LogP contribution in [0.4, 0.5) is 0 Å². The van der Waals surface area contributed by atoms with Gasteiger partial charge in [-0.15, -0.1) is 0 Å². The van der Waals surface area contributed by atoms with Gasteiger partial charge < -0.3 is 0 Å². The second-order valence-electron chi connectivity index (χ2n) is 8.47. The highest BCUT2D eigenvalue weighted by atomic mass is 16.1. The Kier molecular flexibility index (Phi) is 4.94. The minimum absolute atomic E-state index is 0.295. The molecule has 1 aliphatic carbocycles. The first-order valence-electron chi connectivity index (χ1n) is 8.54. The average molecular weight is 279 g/mol. The Balaban J connectivity index is 1.95. The Bertz CT molecular complexity index is 344. The Morgan fingerprint density at radius 3 is 2.45 bits per heavy atom. The summed E-state index contributed by atoms with van der Waals surface area (Å²) in [5.41, 5.74) is 0.348. The number of hydrogen-bond donors (Lipinski definition) is 0. The number of carbonyl (C=O) groups is 1. The first-order valence-corrected chi connectivity index (χ1v) is 8.54. The number of piperidine rings is 1. The lowest BCUT2D eigenvalue weighted by molar-refractivity contribution is -0.127. The normalized spacial score (nSPS) is 37.1. The highest BCUT2D eigenvalue weighted by Gasteiger charge is 2.36. The van der Waals surface area contributed by atoms with Crippen molar-refractivity contribution >= 4 is 5.78 Å². The summed E-state index contributed by atoms with van der Waals surface area (Å²) < 4.78 is 0. The van der Waals surface area contributed by atoms with Crippen LogP contribution in [0, 0.1) is 23.2 Å². The molecule has 0 N–H and O–H groups in total. The van der Waals surface area contributed by atoms with Gasteiger partial charge in [0.05, 0.1) is 0 Å². The van der Waals surface area contributed by atoms with Crippen molar-refractivity contribution in [2.75, 3.05) is 13.1 Å². The Hall–Kier alpha value is -0.370. The number of hydrogen-bond acceptors (Lipinski definition) is 2. The minimum Gasteiger partial charge on any atom is -0.300 e. The van der Waals surface area contributed by atoms with Crippen molar-refractivity contribution in [2.45, 2.75) is 72.8 Å². The van der Waals surface area contributed by atoms with Crippen LogP contribution < -0.4 is 0 Å². The number of Topliss-reactive ketones (excluding diaryl/α,β-unsaturated/α-hetero) is 1. The maximum absolute atomic E-state index is 12.3. The molecule has 1 saturated heterocycles. The second-order valence-corrected chi connectivity index (χ2v) is 8.47. The molecule has 2 fully saturated rings. The summed E-state index contributed by atoms with van der Waals surface area (Å²) in [6.07, 6.45) is 5.62. The van der Waals surface area contributed by atoms with E-state index in [2.05, 4.69) is 39.5 Å². The summed E-state index contributed by atoms with van der Waals surface area (Å²) in [4.78, 5) is 14.9. The van der Waals surface area contributed by atoms with Gasteiger partial charge in [-0.2, -0.15) is 0 Å². The van der Waals surface area contributed by atoms with Gasteiger partial charge in [-0.05, 0) is 56.4 Å². The number of nitrogens with zero attached hydrogens (tertiary/aromatic N) is 1. The molecule has 0 aromatic carbocycles. The van der Waals surface area contributed by atoms with Gasteiger partial charge in [0.1, 0.15) is 5.78 Å². The average Bonchev–Trinajstić information content (AvgIpc) is 2.33. The zero-order valence-corrected chi connectivity index (χ0v) is 14.1. The van der Waals surface area contributed by atoms with Crippen LogP contribution in [0.2, 0.25) is 0 Å². The lowest BCUT2D eigenvalue weighted by Crippen LogP contribution is -2.46. The van der Waals surface area contributed by atoms with E-state index in [1.807, 2.05) is 0 Å². The largest absolute Gasteiger partial charge is 0.300 e. The van der Waals surface area contributed by atoms with Crippen molar-refractivity contribution in [3.05, 3.63) is 0 Å². The van der Waals surface area contributed by atoms with Crippen molar-refractivity contribution in [1.29, 1.82) is 0 Å². The molecule has 2 rings (SSSR count). The highest BCUT2D eigenvalue weighted by Crippen LogP contribution is 2.39. The van der Waals surface area contributed by atoms with Crippen LogP contribution in [0.1, 0.15) is 66.7 Å². The Labute approximate surface area is 125 Å². The summed E-state index contributed by atoms with van der Waals surface area (Å²) in [7, 11) is 0. The fourth-order valence-electron chi connectivity index (χ4n) is 4.09. The van der Waals surface area contributed by atoms with Crippen LogP contribution in [0.5, 0.6) is 0 Å². The van der Waals surface area contributed by atoms with E-state index in [1.54, 1.807) is 0 Å². The molecule has 116 valence electrons. The van der Waals surface area contributed by atoms with E-state index in [9.17, 15) is 4.79 Å². The van der Waals surface area contributed by atoms with Crippen LogP contribution in [-0.4, -0.2) is 29.8 Å². The highest BCUT2D eigenvalue weighted by molar-refractivity contribution is 5.82. The van der Waals surface area contributed by atoms with Crippen molar-refractivity contribution in [3.63, 3.8) is 0 Å². The zero-order chi connectivity index (χ0) is 14.9. The monoisotopic (exact) mass is 279 g/mol. The summed E-state index contributed by atoms with van der Waals surface area (Å²) in [6.45, 7) is 13.9. The molecule has 4 unspecified atom stereocenters. The first kappa shape index (κ1) is 16.0. The number of likely N-dealkylation sites (tertiary alicyclic amines) is 1. The molecule has 0 spiro atoms. The molecule has 1 heterocycles. The first-order chi connectivity index (χ1) is 9.27. The van der Waals surface area contributed by atoms with Crippen molar-refractivity contribution in [1.82, 2.24) is 4.90 Å². The number of rotatable bonds is 2. The van der Waals surface area contributed by atoms with E-state index < -0.39 is 0 Å². The molecule has 0 aromatic rings. The Morgan fingerprint density at radius 2 is 1.85 bits per heavy atom. The molecular weight excluding hydrogens is 246 g/mol. The number of ketones is 1. The molecule has 2 heteroatoms. The van der Waals surface area contributed by atoms with Gasteiger partial charge in [-0.25, -0.2) is 0 Å². The van der Waals surface area contributed by atoms with Gasteiger partial charge in [-0.1, -0.05) is 27.7 Å². The summed E-state index contributed by atoms with van der Waals surface area (Å²) in [5.74, 6) is 2.38. The lowest BCUT2D eigenvalue weighted by atomic mass is 9.68. The van der Waals surface area contributed by atoms with E-state index in [-0.39, 0.29) is 0 Å². The van der Waals surface area contributed by atoms with Crippen molar-refractivity contribution in [3.8, 4) is 0 Å². The van der Waals surface area contributed by atoms with Crippen LogP contribution in [-0.2, 0) is 4.79 Å². The van der Waals surface area contributed by atoms with Gasteiger partial charge in [0.25, 0.3) is 0 Å². The molecule has 4 atom stereocenters. The number of carbonyl (C=O) groups excluding carboxylic acids is 1. The molecule has 0 aromatic heterocycles. The fourth-order valence-corrected chi connectivity index (χ4v) is 4.09. The Morgan fingerprint density at radius 1 is 1.15 bits per heavy atom. The molecule has 2 aliphatic rings. The second kappa shape index (κ2) is 6.17. The van der Waals surface area contributed by atoms with E-state index in [1.165, 1.54) is 19.4 Å². The minimum atomic E-state index is 0.295. The predicted octanol–water partition coefficient (Wildman–Crippen LogP) is 4.14. The summed E-state index contributed by atoms with van der Waals surface area (Å²) in [6, 6.07) is 0.654. The molecule has 0 amide bonds. The van der Waals surface area contributed by atoms with Gasteiger partial charge in [0.15, 0.2) is 0 Å². The molecule has 20 heavy (non-hydrogen) atoms. The van der Waals surface area contributed by atoms with E-state index in [0.717, 1.165) is 31.7 Å². The molecule has 1 saturated carbocycles. The summed E-state index contributed by atoms with van der Waals surface area (Å²) in [5, 5.41) is 0. The molecular formula is C18H33NO. The van der Waals surface area contributed by atoms with Crippen LogP contribution >= 0.6 is 0 Å². The molecule has 1 aliphatic heterocycles. The third kappa shape index (κ3) is 3.84. The van der Waals surface area contributed by atoms with E-state index in [4.69, 9.17) is 0 Å². The summed E-state index contributed by atoms with van der Waals surface area (Å²) >= 11 is 0. The lowest BCUT2D eigenvalue weighted by Gasteiger charge is -2.42. The topological polar surface area (TPSA) is 20.3 Å². The quantitative estimate of drug-likeness (QED) is 0.757. The predicted molar refractivity (Wildman–Crippen MR) is 84.7 cm³/mol. The third-order valence-corrected chi connectivity index (χ3v) is 5.72.